The van der Waals surface area contributed by atoms with E-state index in [0.29, 0.717) is 0 Å². The average Bonchev–Trinajstić information content (AvgIpc) is 2.56. The summed E-state index contributed by atoms with van der Waals surface area (Å²) in [6.45, 7) is 4.03. The molecule has 0 atom stereocenters. The molecule has 0 amide bonds. The van der Waals surface area contributed by atoms with Gasteiger partial charge in [0, 0.05) is 24.0 Å². The van der Waals surface area contributed by atoms with E-state index in [2.05, 4.69) is 29.7 Å². The number of rotatable bonds is 2. The Morgan fingerprint density at radius 3 is 2.50 bits per heavy atom. The third kappa shape index (κ3) is 1.67. The molecule has 0 N–H and O–H groups in total. The van der Waals surface area contributed by atoms with Crippen molar-refractivity contribution in [3.63, 3.8) is 0 Å². The number of carbonyl (C=O) groups is 1. The number of benzene rings is 1. The molecule has 0 aliphatic carbocycles. The SMILES string of the molecule is Cc1cccc(-c2cc(C=O)c(C)n2C)c1. The Balaban J connectivity index is 2.60. The zero-order valence-electron chi connectivity index (χ0n) is 9.82. The van der Waals surface area contributed by atoms with Gasteiger partial charge in [0.2, 0.25) is 0 Å². The van der Waals surface area contributed by atoms with Crippen LogP contribution in [0.3, 0.4) is 0 Å². The van der Waals surface area contributed by atoms with Gasteiger partial charge < -0.3 is 4.57 Å². The van der Waals surface area contributed by atoms with Gasteiger partial charge in [-0.2, -0.15) is 0 Å². The number of aryl methyl sites for hydroxylation is 1. The van der Waals surface area contributed by atoms with E-state index in [9.17, 15) is 4.79 Å². The predicted molar refractivity (Wildman–Crippen MR) is 65.7 cm³/mol. The molecule has 2 heteroatoms. The van der Waals surface area contributed by atoms with Crippen molar-refractivity contribution in [3.8, 4) is 11.3 Å². The van der Waals surface area contributed by atoms with Crippen molar-refractivity contribution in [1.29, 1.82) is 0 Å². The van der Waals surface area contributed by atoms with E-state index in [4.69, 9.17) is 0 Å². The standard InChI is InChI=1S/C14H15NO/c1-10-5-4-6-12(7-10)14-8-13(9-16)11(2)15(14)3/h4-9H,1-3H3. The van der Waals surface area contributed by atoms with Crippen LogP contribution in [0, 0.1) is 13.8 Å². The minimum absolute atomic E-state index is 0.763. The maximum atomic E-state index is 10.9. The minimum Gasteiger partial charge on any atom is -0.347 e. The molecule has 0 fully saturated rings. The van der Waals surface area contributed by atoms with Crippen LogP contribution in [0.15, 0.2) is 30.3 Å². The lowest BCUT2D eigenvalue weighted by Gasteiger charge is -2.05. The monoisotopic (exact) mass is 213 g/mol. The van der Waals surface area contributed by atoms with Crippen LogP contribution in [0.4, 0.5) is 0 Å². The van der Waals surface area contributed by atoms with Crippen LogP contribution in [-0.4, -0.2) is 10.9 Å². The predicted octanol–water partition coefficient (Wildman–Crippen LogP) is 3.12. The fourth-order valence-electron chi connectivity index (χ4n) is 1.92. The Bertz CT molecular complexity index is 538. The van der Waals surface area contributed by atoms with E-state index in [1.54, 1.807) is 0 Å². The summed E-state index contributed by atoms with van der Waals surface area (Å²) < 4.78 is 2.05. The van der Waals surface area contributed by atoms with Crippen LogP contribution in [0.25, 0.3) is 11.3 Å². The zero-order valence-corrected chi connectivity index (χ0v) is 9.82. The molecule has 2 aromatic rings. The summed E-state index contributed by atoms with van der Waals surface area (Å²) in [6, 6.07) is 10.2. The van der Waals surface area contributed by atoms with Gasteiger partial charge in [0.05, 0.1) is 0 Å². The second-order valence-corrected chi connectivity index (χ2v) is 4.12. The smallest absolute Gasteiger partial charge is 0.151 e. The maximum Gasteiger partial charge on any atom is 0.151 e. The molecule has 0 radical (unpaired) electrons. The first-order valence-electron chi connectivity index (χ1n) is 5.32. The fraction of sp³-hybridized carbons (Fsp3) is 0.214. The molecule has 0 unspecified atom stereocenters. The Hall–Kier alpha value is -1.83. The van der Waals surface area contributed by atoms with Gasteiger partial charge >= 0.3 is 0 Å². The molecular weight excluding hydrogens is 198 g/mol. The first-order valence-corrected chi connectivity index (χ1v) is 5.32. The molecular formula is C14H15NO. The molecule has 2 rings (SSSR count). The Morgan fingerprint density at radius 2 is 1.94 bits per heavy atom. The van der Waals surface area contributed by atoms with E-state index in [1.807, 2.05) is 26.1 Å². The van der Waals surface area contributed by atoms with E-state index in [1.165, 1.54) is 5.56 Å². The molecule has 0 spiro atoms. The van der Waals surface area contributed by atoms with Gasteiger partial charge in [-0.05, 0) is 31.5 Å². The van der Waals surface area contributed by atoms with Crippen LogP contribution >= 0.6 is 0 Å². The zero-order chi connectivity index (χ0) is 11.7. The number of hydrogen-bond acceptors (Lipinski definition) is 1. The molecule has 1 aromatic carbocycles. The molecule has 0 aliphatic rings. The molecule has 0 saturated heterocycles. The van der Waals surface area contributed by atoms with Crippen molar-refractivity contribution in [2.45, 2.75) is 13.8 Å². The summed E-state index contributed by atoms with van der Waals surface area (Å²) in [6.07, 6.45) is 0.911. The lowest BCUT2D eigenvalue weighted by atomic mass is 10.1. The van der Waals surface area contributed by atoms with Crippen LogP contribution in [0.5, 0.6) is 0 Å². The Kier molecular flexibility index (Phi) is 2.65. The van der Waals surface area contributed by atoms with Crippen molar-refractivity contribution < 1.29 is 4.79 Å². The highest BCUT2D eigenvalue weighted by Crippen LogP contribution is 2.24. The average molecular weight is 213 g/mol. The molecule has 0 bridgehead atoms. The Labute approximate surface area is 95.5 Å². The number of aldehydes is 1. The van der Waals surface area contributed by atoms with E-state index >= 15 is 0 Å². The van der Waals surface area contributed by atoms with Crippen molar-refractivity contribution in [2.24, 2.45) is 7.05 Å². The molecule has 16 heavy (non-hydrogen) atoms. The molecule has 2 nitrogen and oxygen atoms in total. The molecule has 0 aliphatic heterocycles. The summed E-state index contributed by atoms with van der Waals surface area (Å²) in [5.74, 6) is 0. The first-order chi connectivity index (χ1) is 7.63. The van der Waals surface area contributed by atoms with Crippen molar-refractivity contribution >= 4 is 6.29 Å². The second-order valence-electron chi connectivity index (χ2n) is 4.12. The lowest BCUT2D eigenvalue weighted by molar-refractivity contribution is 0.112. The van der Waals surface area contributed by atoms with Crippen molar-refractivity contribution in [2.75, 3.05) is 0 Å². The normalized spacial score (nSPS) is 10.4. The van der Waals surface area contributed by atoms with Gasteiger partial charge in [0.25, 0.3) is 0 Å². The van der Waals surface area contributed by atoms with E-state index in [-0.39, 0.29) is 0 Å². The summed E-state index contributed by atoms with van der Waals surface area (Å²) in [7, 11) is 1.99. The second kappa shape index (κ2) is 3.97. The van der Waals surface area contributed by atoms with Gasteiger partial charge in [-0.1, -0.05) is 23.8 Å². The third-order valence-corrected chi connectivity index (χ3v) is 3.02. The highest BCUT2D eigenvalue weighted by molar-refractivity contribution is 5.80. The van der Waals surface area contributed by atoms with Gasteiger partial charge in [0.15, 0.2) is 6.29 Å². The number of aromatic nitrogens is 1. The first kappa shape index (κ1) is 10.7. The van der Waals surface area contributed by atoms with Crippen LogP contribution in [-0.2, 0) is 7.05 Å². The highest BCUT2D eigenvalue weighted by Gasteiger charge is 2.09. The van der Waals surface area contributed by atoms with E-state index in [0.717, 1.165) is 28.8 Å². The van der Waals surface area contributed by atoms with Gasteiger partial charge in [-0.15, -0.1) is 0 Å². The molecule has 82 valence electrons. The minimum atomic E-state index is 0.763. The van der Waals surface area contributed by atoms with Gasteiger partial charge in [-0.25, -0.2) is 0 Å². The van der Waals surface area contributed by atoms with Gasteiger partial charge in [-0.3, -0.25) is 4.79 Å². The summed E-state index contributed by atoms with van der Waals surface area (Å²) in [4.78, 5) is 10.9. The van der Waals surface area contributed by atoms with Crippen molar-refractivity contribution in [3.05, 3.63) is 47.2 Å². The third-order valence-electron chi connectivity index (χ3n) is 3.02. The number of carbonyl (C=O) groups excluding carboxylic acids is 1. The van der Waals surface area contributed by atoms with Gasteiger partial charge in [0.1, 0.15) is 0 Å². The Morgan fingerprint density at radius 1 is 1.19 bits per heavy atom. The summed E-state index contributed by atoms with van der Waals surface area (Å²) in [5, 5.41) is 0. The fourth-order valence-corrected chi connectivity index (χ4v) is 1.92. The topological polar surface area (TPSA) is 22.0 Å². The largest absolute Gasteiger partial charge is 0.347 e. The maximum absolute atomic E-state index is 10.9. The van der Waals surface area contributed by atoms with E-state index < -0.39 is 0 Å². The highest BCUT2D eigenvalue weighted by atomic mass is 16.1. The summed E-state index contributed by atoms with van der Waals surface area (Å²) in [5.41, 5.74) is 5.23. The molecule has 0 saturated carbocycles. The van der Waals surface area contributed by atoms with Crippen LogP contribution < -0.4 is 0 Å². The van der Waals surface area contributed by atoms with Crippen LogP contribution in [0.2, 0.25) is 0 Å². The lowest BCUT2D eigenvalue weighted by Crippen LogP contribution is -1.94. The summed E-state index contributed by atoms with van der Waals surface area (Å²) >= 11 is 0. The number of nitrogens with zero attached hydrogens (tertiary/aromatic N) is 1. The number of hydrogen-bond donors (Lipinski definition) is 0. The quantitative estimate of drug-likeness (QED) is 0.702. The van der Waals surface area contributed by atoms with Crippen LogP contribution in [0.1, 0.15) is 21.6 Å². The molecule has 1 aromatic heterocycles. The van der Waals surface area contributed by atoms with Crippen molar-refractivity contribution in [1.82, 2.24) is 4.57 Å². The molecule has 1 heterocycles.